The molecule has 0 radical (unpaired) electrons. The van der Waals surface area contributed by atoms with Gasteiger partial charge in [-0.3, -0.25) is 4.79 Å². The van der Waals surface area contributed by atoms with E-state index in [-0.39, 0.29) is 11.9 Å². The normalized spacial score (nSPS) is 27.4. The van der Waals surface area contributed by atoms with Gasteiger partial charge < -0.3 is 11.1 Å². The Kier molecular flexibility index (Phi) is 6.21. The molecule has 0 saturated heterocycles. The Morgan fingerprint density at radius 1 is 1.50 bits per heavy atom. The summed E-state index contributed by atoms with van der Waals surface area (Å²) < 4.78 is 0. The lowest BCUT2D eigenvalue weighted by Crippen LogP contribution is -2.43. The first kappa shape index (κ1) is 13.8. The SMILES string of the molecule is CSC1CCCCC1NC(=O)CCC(C)N. The summed E-state index contributed by atoms with van der Waals surface area (Å²) in [5, 5.41) is 3.76. The van der Waals surface area contributed by atoms with Gasteiger partial charge >= 0.3 is 0 Å². The third-order valence-electron chi connectivity index (χ3n) is 3.18. The number of thioether (sulfide) groups is 1. The summed E-state index contributed by atoms with van der Waals surface area (Å²) in [5.74, 6) is 0.170. The lowest BCUT2D eigenvalue weighted by molar-refractivity contribution is -0.122. The van der Waals surface area contributed by atoms with E-state index < -0.39 is 0 Å². The summed E-state index contributed by atoms with van der Waals surface area (Å²) in [6.07, 6.45) is 8.40. The molecule has 0 aromatic carbocycles. The van der Waals surface area contributed by atoms with Crippen LogP contribution in [0.3, 0.4) is 0 Å². The molecule has 3 N–H and O–H groups in total. The van der Waals surface area contributed by atoms with Gasteiger partial charge in [-0.15, -0.1) is 0 Å². The van der Waals surface area contributed by atoms with Crippen molar-refractivity contribution in [2.75, 3.05) is 6.26 Å². The summed E-state index contributed by atoms with van der Waals surface area (Å²) in [4.78, 5) is 11.7. The number of hydrogen-bond acceptors (Lipinski definition) is 3. The molecule has 1 aliphatic rings. The van der Waals surface area contributed by atoms with Crippen LogP contribution in [-0.4, -0.2) is 29.5 Å². The molecule has 3 unspecified atom stereocenters. The Hall–Kier alpha value is -0.220. The number of nitrogens with two attached hydrogens (primary N) is 1. The van der Waals surface area contributed by atoms with Crippen molar-refractivity contribution < 1.29 is 4.79 Å². The molecule has 3 atom stereocenters. The van der Waals surface area contributed by atoms with E-state index in [1.807, 2.05) is 18.7 Å². The molecule has 94 valence electrons. The van der Waals surface area contributed by atoms with Crippen molar-refractivity contribution in [2.24, 2.45) is 5.73 Å². The second kappa shape index (κ2) is 7.17. The van der Waals surface area contributed by atoms with Crippen molar-refractivity contribution in [1.29, 1.82) is 0 Å². The Morgan fingerprint density at radius 2 is 2.19 bits per heavy atom. The van der Waals surface area contributed by atoms with Crippen LogP contribution < -0.4 is 11.1 Å². The number of amides is 1. The first-order valence-corrected chi connectivity index (χ1v) is 7.50. The van der Waals surface area contributed by atoms with Crippen LogP contribution in [0.15, 0.2) is 0 Å². The zero-order chi connectivity index (χ0) is 12.0. The molecule has 0 spiro atoms. The van der Waals surface area contributed by atoms with Crippen molar-refractivity contribution in [3.05, 3.63) is 0 Å². The van der Waals surface area contributed by atoms with E-state index in [0.29, 0.717) is 17.7 Å². The van der Waals surface area contributed by atoms with Crippen molar-refractivity contribution in [3.63, 3.8) is 0 Å². The second-order valence-corrected chi connectivity index (χ2v) is 5.83. The van der Waals surface area contributed by atoms with Gasteiger partial charge in [-0.2, -0.15) is 11.8 Å². The average molecular weight is 244 g/mol. The molecule has 4 heteroatoms. The highest BCUT2D eigenvalue weighted by Crippen LogP contribution is 2.27. The van der Waals surface area contributed by atoms with E-state index in [4.69, 9.17) is 5.73 Å². The highest BCUT2D eigenvalue weighted by Gasteiger charge is 2.25. The maximum Gasteiger partial charge on any atom is 0.220 e. The highest BCUT2D eigenvalue weighted by molar-refractivity contribution is 7.99. The third kappa shape index (κ3) is 4.74. The smallest absolute Gasteiger partial charge is 0.220 e. The molecule has 16 heavy (non-hydrogen) atoms. The zero-order valence-electron chi connectivity index (χ0n) is 10.4. The van der Waals surface area contributed by atoms with Crippen LogP contribution >= 0.6 is 11.8 Å². The van der Waals surface area contributed by atoms with Crippen LogP contribution in [0.4, 0.5) is 0 Å². The largest absolute Gasteiger partial charge is 0.352 e. The van der Waals surface area contributed by atoms with Crippen LogP contribution in [0.5, 0.6) is 0 Å². The molecule has 0 aromatic heterocycles. The number of carbonyl (C=O) groups is 1. The van der Waals surface area contributed by atoms with E-state index in [1.165, 1.54) is 19.3 Å². The van der Waals surface area contributed by atoms with Gasteiger partial charge in [0.05, 0.1) is 0 Å². The summed E-state index contributed by atoms with van der Waals surface area (Å²) in [7, 11) is 0. The Balaban J connectivity index is 2.30. The van der Waals surface area contributed by atoms with Crippen molar-refractivity contribution in [3.8, 4) is 0 Å². The van der Waals surface area contributed by atoms with Crippen LogP contribution in [0.2, 0.25) is 0 Å². The maximum atomic E-state index is 11.7. The van der Waals surface area contributed by atoms with Gasteiger partial charge in [0.1, 0.15) is 0 Å². The minimum Gasteiger partial charge on any atom is -0.352 e. The standard InChI is InChI=1S/C12H24N2OS/c1-9(13)7-8-12(15)14-10-5-3-4-6-11(10)16-2/h9-11H,3-8,13H2,1-2H3,(H,14,15). The maximum absolute atomic E-state index is 11.7. The van der Waals surface area contributed by atoms with Crippen LogP contribution in [0.25, 0.3) is 0 Å². The molecule has 1 fully saturated rings. The molecule has 0 heterocycles. The predicted molar refractivity (Wildman–Crippen MR) is 70.6 cm³/mol. The minimum atomic E-state index is 0.119. The van der Waals surface area contributed by atoms with Crippen LogP contribution in [-0.2, 0) is 4.79 Å². The van der Waals surface area contributed by atoms with Crippen molar-refractivity contribution in [1.82, 2.24) is 5.32 Å². The quantitative estimate of drug-likeness (QED) is 0.776. The predicted octanol–water partition coefficient (Wildman–Crippen LogP) is 1.90. The van der Waals surface area contributed by atoms with Gasteiger partial charge in [0.25, 0.3) is 0 Å². The van der Waals surface area contributed by atoms with Gasteiger partial charge in [-0.05, 0) is 32.4 Å². The van der Waals surface area contributed by atoms with E-state index in [9.17, 15) is 4.79 Å². The fourth-order valence-electron chi connectivity index (χ4n) is 2.18. The Bertz CT molecular complexity index is 221. The van der Waals surface area contributed by atoms with Crippen molar-refractivity contribution in [2.45, 2.75) is 62.8 Å². The molecular formula is C12H24N2OS. The number of nitrogens with one attached hydrogen (secondary N) is 1. The number of rotatable bonds is 5. The molecule has 1 aliphatic carbocycles. The van der Waals surface area contributed by atoms with E-state index >= 15 is 0 Å². The first-order chi connectivity index (χ1) is 7.63. The summed E-state index contributed by atoms with van der Waals surface area (Å²) in [6.45, 7) is 1.94. The molecule has 0 bridgehead atoms. The van der Waals surface area contributed by atoms with E-state index in [0.717, 1.165) is 12.8 Å². The third-order valence-corrected chi connectivity index (χ3v) is 4.35. The van der Waals surface area contributed by atoms with Gasteiger partial charge in [0.2, 0.25) is 5.91 Å². The lowest BCUT2D eigenvalue weighted by Gasteiger charge is -2.31. The highest BCUT2D eigenvalue weighted by atomic mass is 32.2. The molecule has 1 saturated carbocycles. The summed E-state index contributed by atoms with van der Waals surface area (Å²) in [5.41, 5.74) is 5.64. The monoisotopic (exact) mass is 244 g/mol. The minimum absolute atomic E-state index is 0.119. The first-order valence-electron chi connectivity index (χ1n) is 6.21. The van der Waals surface area contributed by atoms with Gasteiger partial charge in [0, 0.05) is 23.8 Å². The molecule has 1 rings (SSSR count). The molecule has 0 aliphatic heterocycles. The Labute approximate surface area is 103 Å². The fraction of sp³-hybridized carbons (Fsp3) is 0.917. The van der Waals surface area contributed by atoms with E-state index in [2.05, 4.69) is 11.6 Å². The second-order valence-electron chi connectivity index (χ2n) is 4.75. The lowest BCUT2D eigenvalue weighted by atomic mass is 9.94. The summed E-state index contributed by atoms with van der Waals surface area (Å²) >= 11 is 1.88. The zero-order valence-corrected chi connectivity index (χ0v) is 11.2. The van der Waals surface area contributed by atoms with Crippen LogP contribution in [0.1, 0.15) is 45.4 Å². The summed E-state index contributed by atoms with van der Waals surface area (Å²) in [6, 6.07) is 0.498. The fourth-order valence-corrected chi connectivity index (χ4v) is 3.12. The van der Waals surface area contributed by atoms with Gasteiger partial charge in [0.15, 0.2) is 0 Å². The molecular weight excluding hydrogens is 220 g/mol. The van der Waals surface area contributed by atoms with Gasteiger partial charge in [-0.25, -0.2) is 0 Å². The molecule has 0 aromatic rings. The average Bonchev–Trinajstić information content (AvgIpc) is 2.27. The van der Waals surface area contributed by atoms with Crippen molar-refractivity contribution >= 4 is 17.7 Å². The topological polar surface area (TPSA) is 55.1 Å². The van der Waals surface area contributed by atoms with Crippen LogP contribution in [0, 0.1) is 0 Å². The number of carbonyl (C=O) groups excluding carboxylic acids is 1. The molecule has 3 nitrogen and oxygen atoms in total. The Morgan fingerprint density at radius 3 is 2.81 bits per heavy atom. The van der Waals surface area contributed by atoms with Gasteiger partial charge in [-0.1, -0.05) is 12.8 Å². The molecule has 1 amide bonds. The number of hydrogen-bond donors (Lipinski definition) is 2. The van der Waals surface area contributed by atoms with E-state index in [1.54, 1.807) is 0 Å².